The molecule has 0 fully saturated rings. The van der Waals surface area contributed by atoms with Crippen LogP contribution in [0.4, 0.5) is 4.39 Å². The van der Waals surface area contributed by atoms with Crippen LogP contribution in [0.15, 0.2) is 54.7 Å². The lowest BCUT2D eigenvalue weighted by Gasteiger charge is -2.07. The average Bonchev–Trinajstić information content (AvgIpc) is 2.81. The molecule has 0 aliphatic heterocycles. The first kappa shape index (κ1) is 11.9. The van der Waals surface area contributed by atoms with Crippen molar-refractivity contribution in [2.24, 2.45) is 0 Å². The molecule has 0 amide bonds. The van der Waals surface area contributed by atoms with Gasteiger partial charge in [0.15, 0.2) is 0 Å². The Morgan fingerprint density at radius 3 is 2.68 bits per heavy atom. The van der Waals surface area contributed by atoms with Crippen molar-refractivity contribution in [3.05, 3.63) is 71.7 Å². The lowest BCUT2D eigenvalue weighted by Crippen LogP contribution is -1.98. The van der Waals surface area contributed by atoms with Crippen LogP contribution in [0.3, 0.4) is 0 Å². The molecule has 19 heavy (non-hydrogen) atoms. The molecule has 0 saturated carbocycles. The summed E-state index contributed by atoms with van der Waals surface area (Å²) in [5.74, 6) is -0.218. The third kappa shape index (κ3) is 2.37. The fourth-order valence-electron chi connectivity index (χ4n) is 2.30. The maximum Gasteiger partial charge on any atom is 0.123 e. The highest BCUT2D eigenvalue weighted by molar-refractivity contribution is 5.80. The van der Waals surface area contributed by atoms with Crippen molar-refractivity contribution in [1.82, 2.24) is 4.57 Å². The Morgan fingerprint density at radius 2 is 1.89 bits per heavy atom. The van der Waals surface area contributed by atoms with Gasteiger partial charge in [-0.3, -0.25) is 0 Å². The summed E-state index contributed by atoms with van der Waals surface area (Å²) in [6.45, 7) is 0.650. The Balaban J connectivity index is 2.00. The molecule has 3 rings (SSSR count). The molecular weight excluding hydrogens is 241 g/mol. The van der Waals surface area contributed by atoms with Gasteiger partial charge in [0, 0.05) is 18.3 Å². The molecule has 3 aromatic rings. The molecule has 3 heteroatoms. The Hall–Kier alpha value is -2.13. The van der Waals surface area contributed by atoms with Crippen molar-refractivity contribution in [3.63, 3.8) is 0 Å². The van der Waals surface area contributed by atoms with Crippen LogP contribution in [-0.2, 0) is 13.2 Å². The molecule has 1 N–H and O–H groups in total. The van der Waals surface area contributed by atoms with E-state index in [0.717, 1.165) is 22.0 Å². The minimum atomic E-state index is -0.218. The quantitative estimate of drug-likeness (QED) is 0.763. The number of aliphatic hydroxyl groups is 1. The summed E-state index contributed by atoms with van der Waals surface area (Å²) in [7, 11) is 0. The molecule has 1 heterocycles. The zero-order chi connectivity index (χ0) is 13.2. The van der Waals surface area contributed by atoms with E-state index in [-0.39, 0.29) is 12.4 Å². The summed E-state index contributed by atoms with van der Waals surface area (Å²) in [4.78, 5) is 0. The fraction of sp³-hybridized carbons (Fsp3) is 0.125. The van der Waals surface area contributed by atoms with Gasteiger partial charge in [0.05, 0.1) is 6.61 Å². The van der Waals surface area contributed by atoms with E-state index in [9.17, 15) is 9.50 Å². The van der Waals surface area contributed by atoms with Gasteiger partial charge in [-0.15, -0.1) is 0 Å². The standard InChI is InChI=1S/C16H14FNO/c17-15-3-1-2-12(8-15)10-18-7-6-14-5-4-13(11-19)9-16(14)18/h1-9,19H,10-11H2. The predicted molar refractivity (Wildman–Crippen MR) is 73.4 cm³/mol. The number of aromatic nitrogens is 1. The minimum absolute atomic E-state index is 0.0289. The second-order valence-corrected chi connectivity index (χ2v) is 4.62. The SMILES string of the molecule is OCc1ccc2ccn(Cc3cccc(F)c3)c2c1. The van der Waals surface area contributed by atoms with E-state index >= 15 is 0 Å². The van der Waals surface area contributed by atoms with E-state index in [1.54, 1.807) is 12.1 Å². The number of fused-ring (bicyclic) bond motifs is 1. The van der Waals surface area contributed by atoms with Gasteiger partial charge in [-0.25, -0.2) is 4.39 Å². The third-order valence-electron chi connectivity index (χ3n) is 3.26. The van der Waals surface area contributed by atoms with E-state index in [2.05, 4.69) is 4.57 Å². The molecule has 0 aliphatic carbocycles. The molecule has 0 bridgehead atoms. The number of aliphatic hydroxyl groups excluding tert-OH is 1. The molecule has 2 aromatic carbocycles. The van der Waals surface area contributed by atoms with E-state index in [0.29, 0.717) is 6.54 Å². The topological polar surface area (TPSA) is 25.2 Å². The molecule has 0 unspecified atom stereocenters. The van der Waals surface area contributed by atoms with Gasteiger partial charge in [0.2, 0.25) is 0 Å². The maximum atomic E-state index is 13.2. The van der Waals surface area contributed by atoms with E-state index < -0.39 is 0 Å². The van der Waals surface area contributed by atoms with E-state index in [1.165, 1.54) is 6.07 Å². The molecule has 0 saturated heterocycles. The van der Waals surface area contributed by atoms with Crippen LogP contribution in [0.5, 0.6) is 0 Å². The summed E-state index contributed by atoms with van der Waals surface area (Å²) < 4.78 is 15.2. The summed E-state index contributed by atoms with van der Waals surface area (Å²) in [5.41, 5.74) is 2.86. The number of hydrogen-bond donors (Lipinski definition) is 1. The highest BCUT2D eigenvalue weighted by Crippen LogP contribution is 2.19. The van der Waals surface area contributed by atoms with Crippen molar-refractivity contribution in [1.29, 1.82) is 0 Å². The first-order chi connectivity index (χ1) is 9.26. The lowest BCUT2D eigenvalue weighted by atomic mass is 10.1. The molecule has 96 valence electrons. The molecule has 0 aliphatic rings. The van der Waals surface area contributed by atoms with Crippen molar-refractivity contribution in [2.75, 3.05) is 0 Å². The summed E-state index contributed by atoms with van der Waals surface area (Å²) in [5, 5.41) is 10.3. The Labute approximate surface area is 110 Å². The highest BCUT2D eigenvalue weighted by Gasteiger charge is 2.03. The smallest absolute Gasteiger partial charge is 0.123 e. The van der Waals surface area contributed by atoms with Gasteiger partial charge in [-0.05, 0) is 40.8 Å². The van der Waals surface area contributed by atoms with Crippen LogP contribution in [0, 0.1) is 5.82 Å². The molecule has 1 aromatic heterocycles. The second-order valence-electron chi connectivity index (χ2n) is 4.62. The first-order valence-electron chi connectivity index (χ1n) is 6.19. The number of halogens is 1. The van der Waals surface area contributed by atoms with Gasteiger partial charge >= 0.3 is 0 Å². The van der Waals surface area contributed by atoms with Gasteiger partial charge < -0.3 is 9.67 Å². The van der Waals surface area contributed by atoms with E-state index in [1.807, 2.05) is 36.5 Å². The van der Waals surface area contributed by atoms with Crippen molar-refractivity contribution in [2.45, 2.75) is 13.2 Å². The fourth-order valence-corrected chi connectivity index (χ4v) is 2.30. The zero-order valence-corrected chi connectivity index (χ0v) is 10.4. The Bertz CT molecular complexity index is 718. The summed E-state index contributed by atoms with van der Waals surface area (Å²) >= 11 is 0. The molecule has 2 nitrogen and oxygen atoms in total. The van der Waals surface area contributed by atoms with E-state index in [4.69, 9.17) is 0 Å². The molecular formula is C16H14FNO. The molecule has 0 atom stereocenters. The number of hydrogen-bond acceptors (Lipinski definition) is 1. The van der Waals surface area contributed by atoms with Crippen LogP contribution < -0.4 is 0 Å². The summed E-state index contributed by atoms with van der Waals surface area (Å²) in [6.07, 6.45) is 1.98. The third-order valence-corrected chi connectivity index (χ3v) is 3.26. The largest absolute Gasteiger partial charge is 0.392 e. The Morgan fingerprint density at radius 1 is 1.00 bits per heavy atom. The molecule has 0 radical (unpaired) electrons. The van der Waals surface area contributed by atoms with Crippen LogP contribution in [0.2, 0.25) is 0 Å². The van der Waals surface area contributed by atoms with Crippen molar-refractivity contribution < 1.29 is 9.50 Å². The first-order valence-corrected chi connectivity index (χ1v) is 6.19. The molecule has 0 spiro atoms. The summed E-state index contributed by atoms with van der Waals surface area (Å²) in [6, 6.07) is 14.5. The maximum absolute atomic E-state index is 13.2. The predicted octanol–water partition coefficient (Wildman–Crippen LogP) is 3.32. The van der Waals surface area contributed by atoms with Crippen LogP contribution >= 0.6 is 0 Å². The van der Waals surface area contributed by atoms with Crippen LogP contribution in [-0.4, -0.2) is 9.67 Å². The lowest BCUT2D eigenvalue weighted by molar-refractivity contribution is 0.282. The van der Waals surface area contributed by atoms with Gasteiger partial charge in [0.1, 0.15) is 5.82 Å². The van der Waals surface area contributed by atoms with Crippen LogP contribution in [0.25, 0.3) is 10.9 Å². The normalized spacial score (nSPS) is 11.1. The zero-order valence-electron chi connectivity index (χ0n) is 10.4. The minimum Gasteiger partial charge on any atom is -0.392 e. The Kier molecular flexibility index (Phi) is 3.05. The highest BCUT2D eigenvalue weighted by atomic mass is 19.1. The van der Waals surface area contributed by atoms with Crippen LogP contribution in [0.1, 0.15) is 11.1 Å². The number of benzene rings is 2. The number of rotatable bonds is 3. The second kappa shape index (κ2) is 4.86. The van der Waals surface area contributed by atoms with Gasteiger partial charge in [-0.1, -0.05) is 24.3 Å². The van der Waals surface area contributed by atoms with Gasteiger partial charge in [-0.2, -0.15) is 0 Å². The van der Waals surface area contributed by atoms with Gasteiger partial charge in [0.25, 0.3) is 0 Å². The van der Waals surface area contributed by atoms with Crippen molar-refractivity contribution >= 4 is 10.9 Å². The average molecular weight is 255 g/mol. The number of nitrogens with zero attached hydrogens (tertiary/aromatic N) is 1. The monoisotopic (exact) mass is 255 g/mol. The van der Waals surface area contributed by atoms with Crippen molar-refractivity contribution in [3.8, 4) is 0 Å².